The quantitative estimate of drug-likeness (QED) is 0.860. The molecule has 1 aliphatic rings. The SMILES string of the molecule is COc1ccc(C)cc1CNC1CCC(N)CC1. The molecule has 0 radical (unpaired) electrons. The third kappa shape index (κ3) is 3.47. The predicted molar refractivity (Wildman–Crippen MR) is 74.8 cm³/mol. The van der Waals surface area contributed by atoms with Crippen LogP contribution in [0.2, 0.25) is 0 Å². The van der Waals surface area contributed by atoms with E-state index in [1.807, 2.05) is 6.07 Å². The number of aryl methyl sites for hydroxylation is 1. The van der Waals surface area contributed by atoms with Gasteiger partial charge in [-0.2, -0.15) is 0 Å². The van der Waals surface area contributed by atoms with Crippen LogP contribution in [0.3, 0.4) is 0 Å². The molecule has 0 aromatic heterocycles. The summed E-state index contributed by atoms with van der Waals surface area (Å²) >= 11 is 0. The molecule has 0 heterocycles. The number of nitrogens with two attached hydrogens (primary N) is 1. The number of nitrogens with one attached hydrogen (secondary N) is 1. The largest absolute Gasteiger partial charge is 0.496 e. The third-order valence-electron chi connectivity index (χ3n) is 3.79. The van der Waals surface area contributed by atoms with Crippen molar-refractivity contribution in [2.75, 3.05) is 7.11 Å². The second-order valence-electron chi connectivity index (χ2n) is 5.31. The van der Waals surface area contributed by atoms with E-state index >= 15 is 0 Å². The fraction of sp³-hybridized carbons (Fsp3) is 0.600. The van der Waals surface area contributed by atoms with Gasteiger partial charge in [-0.15, -0.1) is 0 Å². The van der Waals surface area contributed by atoms with Crippen LogP contribution in [0.1, 0.15) is 36.8 Å². The Labute approximate surface area is 110 Å². The summed E-state index contributed by atoms with van der Waals surface area (Å²) < 4.78 is 5.40. The molecule has 0 unspecified atom stereocenters. The highest BCUT2D eigenvalue weighted by Gasteiger charge is 2.18. The van der Waals surface area contributed by atoms with Gasteiger partial charge in [0.1, 0.15) is 5.75 Å². The highest BCUT2D eigenvalue weighted by molar-refractivity contribution is 5.36. The van der Waals surface area contributed by atoms with Crippen LogP contribution in [0.5, 0.6) is 5.75 Å². The summed E-state index contributed by atoms with van der Waals surface area (Å²) in [6, 6.07) is 7.34. The zero-order chi connectivity index (χ0) is 13.0. The third-order valence-corrected chi connectivity index (χ3v) is 3.79. The number of ether oxygens (including phenoxy) is 1. The maximum Gasteiger partial charge on any atom is 0.123 e. The maximum atomic E-state index is 5.92. The van der Waals surface area contributed by atoms with Crippen LogP contribution in [-0.4, -0.2) is 19.2 Å². The van der Waals surface area contributed by atoms with Crippen LogP contribution in [0.4, 0.5) is 0 Å². The Morgan fingerprint density at radius 3 is 2.67 bits per heavy atom. The summed E-state index contributed by atoms with van der Waals surface area (Å²) in [5.41, 5.74) is 8.44. The van der Waals surface area contributed by atoms with Gasteiger partial charge in [-0.3, -0.25) is 0 Å². The fourth-order valence-corrected chi connectivity index (χ4v) is 2.62. The van der Waals surface area contributed by atoms with Crippen molar-refractivity contribution < 1.29 is 4.74 Å². The van der Waals surface area contributed by atoms with Gasteiger partial charge < -0.3 is 15.8 Å². The number of rotatable bonds is 4. The lowest BCUT2D eigenvalue weighted by atomic mass is 9.91. The van der Waals surface area contributed by atoms with Crippen molar-refractivity contribution in [2.45, 2.75) is 51.2 Å². The monoisotopic (exact) mass is 248 g/mol. The molecule has 3 nitrogen and oxygen atoms in total. The lowest BCUT2D eigenvalue weighted by Gasteiger charge is -2.27. The Bertz CT molecular complexity index is 384. The highest BCUT2D eigenvalue weighted by Crippen LogP contribution is 2.21. The van der Waals surface area contributed by atoms with E-state index in [4.69, 9.17) is 10.5 Å². The molecule has 3 heteroatoms. The molecular formula is C15H24N2O. The summed E-state index contributed by atoms with van der Waals surface area (Å²) in [5, 5.41) is 3.62. The average Bonchev–Trinajstić information content (AvgIpc) is 2.38. The minimum Gasteiger partial charge on any atom is -0.496 e. The molecule has 0 spiro atoms. The molecule has 1 fully saturated rings. The lowest BCUT2D eigenvalue weighted by Crippen LogP contribution is -2.37. The minimum absolute atomic E-state index is 0.413. The van der Waals surface area contributed by atoms with Gasteiger partial charge in [0.05, 0.1) is 7.11 Å². The summed E-state index contributed by atoms with van der Waals surface area (Å²) in [7, 11) is 1.73. The summed E-state index contributed by atoms with van der Waals surface area (Å²) in [6.45, 7) is 2.99. The molecule has 0 saturated heterocycles. The van der Waals surface area contributed by atoms with E-state index in [0.717, 1.165) is 25.1 Å². The zero-order valence-corrected chi connectivity index (χ0v) is 11.4. The molecule has 1 aromatic carbocycles. The number of hydrogen-bond donors (Lipinski definition) is 2. The van der Waals surface area contributed by atoms with Crippen molar-refractivity contribution in [1.82, 2.24) is 5.32 Å². The van der Waals surface area contributed by atoms with Gasteiger partial charge >= 0.3 is 0 Å². The van der Waals surface area contributed by atoms with E-state index in [9.17, 15) is 0 Å². The van der Waals surface area contributed by atoms with Crippen molar-refractivity contribution >= 4 is 0 Å². The molecular weight excluding hydrogens is 224 g/mol. The van der Waals surface area contributed by atoms with Gasteiger partial charge in [-0.05, 0) is 38.7 Å². The molecule has 0 atom stereocenters. The number of hydrogen-bond acceptors (Lipinski definition) is 3. The van der Waals surface area contributed by atoms with Crippen molar-refractivity contribution in [3.8, 4) is 5.75 Å². The molecule has 0 bridgehead atoms. The molecule has 3 N–H and O–H groups in total. The van der Waals surface area contributed by atoms with E-state index in [1.54, 1.807) is 7.11 Å². The Morgan fingerprint density at radius 2 is 2.00 bits per heavy atom. The molecule has 0 aliphatic heterocycles. The lowest BCUT2D eigenvalue weighted by molar-refractivity contribution is 0.338. The summed E-state index contributed by atoms with van der Waals surface area (Å²) in [5.74, 6) is 0.973. The van der Waals surface area contributed by atoms with Gasteiger partial charge in [-0.1, -0.05) is 17.7 Å². The van der Waals surface area contributed by atoms with E-state index < -0.39 is 0 Å². The minimum atomic E-state index is 0.413. The van der Waals surface area contributed by atoms with Gasteiger partial charge in [0, 0.05) is 24.2 Å². The van der Waals surface area contributed by atoms with Crippen LogP contribution in [-0.2, 0) is 6.54 Å². The van der Waals surface area contributed by atoms with Gasteiger partial charge in [-0.25, -0.2) is 0 Å². The van der Waals surface area contributed by atoms with Crippen LogP contribution < -0.4 is 15.8 Å². The van der Waals surface area contributed by atoms with E-state index in [0.29, 0.717) is 12.1 Å². The Kier molecular flexibility index (Phi) is 4.61. The first kappa shape index (κ1) is 13.4. The van der Waals surface area contributed by atoms with E-state index in [1.165, 1.54) is 24.0 Å². The molecule has 1 saturated carbocycles. The molecule has 18 heavy (non-hydrogen) atoms. The van der Waals surface area contributed by atoms with Crippen molar-refractivity contribution in [1.29, 1.82) is 0 Å². The molecule has 2 rings (SSSR count). The Morgan fingerprint density at radius 1 is 1.28 bits per heavy atom. The number of methoxy groups -OCH3 is 1. The normalized spacial score (nSPS) is 23.9. The van der Waals surface area contributed by atoms with Crippen LogP contribution in [0, 0.1) is 6.92 Å². The zero-order valence-electron chi connectivity index (χ0n) is 11.4. The second-order valence-corrected chi connectivity index (χ2v) is 5.31. The first-order valence-corrected chi connectivity index (χ1v) is 6.81. The van der Waals surface area contributed by atoms with Gasteiger partial charge in [0.25, 0.3) is 0 Å². The fourth-order valence-electron chi connectivity index (χ4n) is 2.62. The van der Waals surface area contributed by atoms with Gasteiger partial charge in [0.2, 0.25) is 0 Å². The Balaban J connectivity index is 1.91. The second kappa shape index (κ2) is 6.21. The Hall–Kier alpha value is -1.06. The van der Waals surface area contributed by atoms with Crippen molar-refractivity contribution in [3.05, 3.63) is 29.3 Å². The predicted octanol–water partition coefficient (Wildman–Crippen LogP) is 2.36. The van der Waals surface area contributed by atoms with Crippen LogP contribution in [0.25, 0.3) is 0 Å². The standard InChI is InChI=1S/C15H24N2O/c1-11-3-8-15(18-2)12(9-11)10-17-14-6-4-13(16)5-7-14/h3,8-9,13-14,17H,4-7,10,16H2,1-2H3. The molecule has 100 valence electrons. The van der Waals surface area contributed by atoms with E-state index in [2.05, 4.69) is 24.4 Å². The van der Waals surface area contributed by atoms with Crippen LogP contribution in [0.15, 0.2) is 18.2 Å². The highest BCUT2D eigenvalue weighted by atomic mass is 16.5. The molecule has 0 amide bonds. The first-order chi connectivity index (χ1) is 8.69. The van der Waals surface area contributed by atoms with Crippen molar-refractivity contribution in [3.63, 3.8) is 0 Å². The van der Waals surface area contributed by atoms with Gasteiger partial charge in [0.15, 0.2) is 0 Å². The van der Waals surface area contributed by atoms with Crippen molar-refractivity contribution in [2.24, 2.45) is 5.73 Å². The number of benzene rings is 1. The maximum absolute atomic E-state index is 5.92. The smallest absolute Gasteiger partial charge is 0.123 e. The molecule has 1 aromatic rings. The summed E-state index contributed by atoms with van der Waals surface area (Å²) in [6.07, 6.45) is 4.66. The topological polar surface area (TPSA) is 47.3 Å². The van der Waals surface area contributed by atoms with E-state index in [-0.39, 0.29) is 0 Å². The molecule has 1 aliphatic carbocycles. The summed E-state index contributed by atoms with van der Waals surface area (Å²) in [4.78, 5) is 0. The first-order valence-electron chi connectivity index (χ1n) is 6.81. The van der Waals surface area contributed by atoms with Crippen LogP contribution >= 0.6 is 0 Å². The average molecular weight is 248 g/mol.